The summed E-state index contributed by atoms with van der Waals surface area (Å²) in [5.41, 5.74) is 2.10. The maximum Gasteiger partial charge on any atom is 0.287 e. The molecule has 0 bridgehead atoms. The van der Waals surface area contributed by atoms with Gasteiger partial charge in [0.15, 0.2) is 10.9 Å². The van der Waals surface area contributed by atoms with Crippen molar-refractivity contribution in [3.05, 3.63) is 71.3 Å². The standard InChI is InChI=1S/C25H30N4O2S/c1-3-20-15-23(29-14-8-7-9-18(29)2)28-25(27-20)32-17-21-12-13-22(31-21)24(30)26-16-19-10-5-4-6-11-19/h4-6,10-13,15,18H,3,7-9,14,16-17H2,1-2H3,(H,26,30). The van der Waals surface area contributed by atoms with Crippen LogP contribution in [0, 0.1) is 0 Å². The number of piperidine rings is 1. The molecule has 0 spiro atoms. The molecule has 1 aliphatic rings. The van der Waals surface area contributed by atoms with Gasteiger partial charge in [0, 0.05) is 30.9 Å². The van der Waals surface area contributed by atoms with Crippen molar-refractivity contribution in [1.29, 1.82) is 0 Å². The Morgan fingerprint density at radius 1 is 1.19 bits per heavy atom. The Labute approximate surface area is 193 Å². The van der Waals surface area contributed by atoms with Crippen LogP contribution >= 0.6 is 11.8 Å². The quantitative estimate of drug-likeness (QED) is 0.374. The summed E-state index contributed by atoms with van der Waals surface area (Å²) in [5.74, 6) is 2.44. The first-order valence-electron chi connectivity index (χ1n) is 11.3. The Hall–Kier alpha value is -2.80. The number of nitrogens with zero attached hydrogens (tertiary/aromatic N) is 3. The lowest BCUT2D eigenvalue weighted by Gasteiger charge is -2.34. The van der Waals surface area contributed by atoms with Gasteiger partial charge >= 0.3 is 0 Å². The minimum absolute atomic E-state index is 0.212. The van der Waals surface area contributed by atoms with Crippen LogP contribution in [0.1, 0.15) is 60.7 Å². The number of amides is 1. The van der Waals surface area contributed by atoms with Crippen LogP contribution in [-0.2, 0) is 18.7 Å². The number of anilines is 1. The second kappa shape index (κ2) is 10.7. The van der Waals surface area contributed by atoms with Crippen LogP contribution in [0.3, 0.4) is 0 Å². The van der Waals surface area contributed by atoms with Gasteiger partial charge in [0.25, 0.3) is 5.91 Å². The van der Waals surface area contributed by atoms with E-state index < -0.39 is 0 Å². The smallest absolute Gasteiger partial charge is 0.287 e. The van der Waals surface area contributed by atoms with Gasteiger partial charge < -0.3 is 14.6 Å². The molecule has 1 amide bonds. The molecule has 2 aromatic heterocycles. The van der Waals surface area contributed by atoms with Gasteiger partial charge in [-0.2, -0.15) is 0 Å². The highest BCUT2D eigenvalue weighted by molar-refractivity contribution is 7.98. The molecule has 1 fully saturated rings. The average Bonchev–Trinajstić information content (AvgIpc) is 3.31. The topological polar surface area (TPSA) is 71.3 Å². The zero-order chi connectivity index (χ0) is 22.3. The monoisotopic (exact) mass is 450 g/mol. The molecule has 0 saturated carbocycles. The number of rotatable bonds is 8. The molecule has 3 aromatic rings. The highest BCUT2D eigenvalue weighted by atomic mass is 32.2. The van der Waals surface area contributed by atoms with E-state index in [0.29, 0.717) is 24.1 Å². The van der Waals surface area contributed by atoms with E-state index >= 15 is 0 Å². The van der Waals surface area contributed by atoms with Gasteiger partial charge in [0.1, 0.15) is 11.6 Å². The zero-order valence-electron chi connectivity index (χ0n) is 18.7. The minimum Gasteiger partial charge on any atom is -0.455 e. The summed E-state index contributed by atoms with van der Waals surface area (Å²) < 4.78 is 5.78. The molecule has 7 heteroatoms. The molecular formula is C25H30N4O2S. The fourth-order valence-electron chi connectivity index (χ4n) is 3.87. The molecule has 168 valence electrons. The number of thioether (sulfide) groups is 1. The predicted molar refractivity (Wildman–Crippen MR) is 128 cm³/mol. The van der Waals surface area contributed by atoms with Crippen molar-refractivity contribution in [3.8, 4) is 0 Å². The number of carbonyl (C=O) groups is 1. The molecule has 0 radical (unpaired) electrons. The fourth-order valence-corrected chi connectivity index (χ4v) is 4.64. The predicted octanol–water partition coefficient (Wildman–Crippen LogP) is 5.23. The van der Waals surface area contributed by atoms with Crippen LogP contribution in [0.5, 0.6) is 0 Å². The van der Waals surface area contributed by atoms with Crippen LogP contribution < -0.4 is 10.2 Å². The molecule has 1 saturated heterocycles. The lowest BCUT2D eigenvalue weighted by atomic mass is 10.0. The molecule has 1 aromatic carbocycles. The number of aryl methyl sites for hydroxylation is 1. The zero-order valence-corrected chi connectivity index (χ0v) is 19.5. The van der Waals surface area contributed by atoms with Crippen LogP contribution in [0.4, 0.5) is 5.82 Å². The van der Waals surface area contributed by atoms with Crippen molar-refractivity contribution in [2.24, 2.45) is 0 Å². The Morgan fingerprint density at radius 2 is 2.03 bits per heavy atom. The van der Waals surface area contributed by atoms with Gasteiger partial charge in [-0.05, 0) is 50.3 Å². The molecule has 6 nitrogen and oxygen atoms in total. The van der Waals surface area contributed by atoms with Crippen LogP contribution in [0.2, 0.25) is 0 Å². The van der Waals surface area contributed by atoms with E-state index in [2.05, 4.69) is 30.1 Å². The van der Waals surface area contributed by atoms with Gasteiger partial charge in [-0.15, -0.1) is 0 Å². The second-order valence-corrected chi connectivity index (χ2v) is 9.06. The Bertz CT molecular complexity index is 1040. The third-order valence-electron chi connectivity index (χ3n) is 5.73. The van der Waals surface area contributed by atoms with Crippen LogP contribution in [0.25, 0.3) is 0 Å². The van der Waals surface area contributed by atoms with E-state index in [0.717, 1.165) is 41.0 Å². The summed E-state index contributed by atoms with van der Waals surface area (Å²) in [6.45, 7) is 5.91. The van der Waals surface area contributed by atoms with Crippen molar-refractivity contribution in [2.75, 3.05) is 11.4 Å². The summed E-state index contributed by atoms with van der Waals surface area (Å²) in [7, 11) is 0. The SMILES string of the molecule is CCc1cc(N2CCCCC2C)nc(SCc2ccc(C(=O)NCc3ccccc3)o2)n1. The number of hydrogen-bond acceptors (Lipinski definition) is 6. The van der Waals surface area contributed by atoms with Crippen molar-refractivity contribution in [1.82, 2.24) is 15.3 Å². The van der Waals surface area contributed by atoms with Gasteiger partial charge in [-0.1, -0.05) is 49.0 Å². The summed E-state index contributed by atoms with van der Waals surface area (Å²) in [5, 5.41) is 3.65. The summed E-state index contributed by atoms with van der Waals surface area (Å²) in [4.78, 5) is 24.3. The lowest BCUT2D eigenvalue weighted by Crippen LogP contribution is -2.38. The molecule has 3 heterocycles. The maximum absolute atomic E-state index is 12.4. The lowest BCUT2D eigenvalue weighted by molar-refractivity contribution is 0.0921. The highest BCUT2D eigenvalue weighted by Gasteiger charge is 2.21. The van der Waals surface area contributed by atoms with Gasteiger partial charge in [-0.25, -0.2) is 9.97 Å². The van der Waals surface area contributed by atoms with Crippen molar-refractivity contribution in [3.63, 3.8) is 0 Å². The molecule has 1 aliphatic heterocycles. The molecular weight excluding hydrogens is 420 g/mol. The number of nitrogens with one attached hydrogen (secondary N) is 1. The third-order valence-corrected chi connectivity index (χ3v) is 6.60. The van der Waals surface area contributed by atoms with E-state index in [1.54, 1.807) is 17.8 Å². The number of furan rings is 1. The van der Waals surface area contributed by atoms with Crippen molar-refractivity contribution < 1.29 is 9.21 Å². The minimum atomic E-state index is -0.212. The van der Waals surface area contributed by atoms with E-state index in [9.17, 15) is 4.79 Å². The van der Waals surface area contributed by atoms with Crippen LogP contribution in [0.15, 0.2) is 58.1 Å². The largest absolute Gasteiger partial charge is 0.455 e. The van der Waals surface area contributed by atoms with E-state index in [1.165, 1.54) is 19.3 Å². The maximum atomic E-state index is 12.4. The highest BCUT2D eigenvalue weighted by Crippen LogP contribution is 2.27. The number of carbonyl (C=O) groups excluding carboxylic acids is 1. The molecule has 1 N–H and O–H groups in total. The van der Waals surface area contributed by atoms with Crippen LogP contribution in [-0.4, -0.2) is 28.5 Å². The second-order valence-electron chi connectivity index (χ2n) is 8.11. The van der Waals surface area contributed by atoms with Gasteiger partial charge in [0.05, 0.1) is 5.75 Å². The Kier molecular flexibility index (Phi) is 7.47. The number of aromatic nitrogens is 2. The van der Waals surface area contributed by atoms with Crippen molar-refractivity contribution in [2.45, 2.75) is 63.0 Å². The normalized spacial score (nSPS) is 16.2. The number of benzene rings is 1. The average molecular weight is 451 g/mol. The molecule has 4 rings (SSSR count). The first-order chi connectivity index (χ1) is 15.6. The van der Waals surface area contributed by atoms with Gasteiger partial charge in [-0.3, -0.25) is 4.79 Å². The summed E-state index contributed by atoms with van der Waals surface area (Å²) in [6.07, 6.45) is 4.57. The number of hydrogen-bond donors (Lipinski definition) is 1. The van der Waals surface area contributed by atoms with E-state index in [4.69, 9.17) is 14.4 Å². The third kappa shape index (κ3) is 5.71. The van der Waals surface area contributed by atoms with E-state index in [-0.39, 0.29) is 5.91 Å². The molecule has 1 atom stereocenters. The fraction of sp³-hybridized carbons (Fsp3) is 0.400. The summed E-state index contributed by atoms with van der Waals surface area (Å²) >= 11 is 1.54. The molecule has 32 heavy (non-hydrogen) atoms. The Balaban J connectivity index is 1.38. The molecule has 0 aliphatic carbocycles. The summed E-state index contributed by atoms with van der Waals surface area (Å²) in [6, 6.07) is 16.0. The molecule has 1 unspecified atom stereocenters. The van der Waals surface area contributed by atoms with E-state index in [1.807, 2.05) is 36.4 Å². The van der Waals surface area contributed by atoms with Gasteiger partial charge in [0.2, 0.25) is 0 Å². The first-order valence-corrected chi connectivity index (χ1v) is 12.3. The van der Waals surface area contributed by atoms with Crippen molar-refractivity contribution >= 4 is 23.5 Å². The Morgan fingerprint density at radius 3 is 2.81 bits per heavy atom. The first kappa shape index (κ1) is 22.4.